The fourth-order valence-corrected chi connectivity index (χ4v) is 3.35. The summed E-state index contributed by atoms with van der Waals surface area (Å²) >= 11 is 5.43. The zero-order chi connectivity index (χ0) is 18.6. The molecule has 0 aliphatic carbocycles. The van der Waals surface area contributed by atoms with Crippen LogP contribution in [0.1, 0.15) is 39.0 Å². The fraction of sp³-hybridized carbons (Fsp3) is 0.650. The van der Waals surface area contributed by atoms with Gasteiger partial charge in [0, 0.05) is 25.7 Å². The summed E-state index contributed by atoms with van der Waals surface area (Å²) in [4.78, 5) is 2.27. The van der Waals surface area contributed by atoms with Crippen LogP contribution in [0.4, 0.5) is 0 Å². The molecule has 1 saturated heterocycles. The maximum atomic E-state index is 10.0. The van der Waals surface area contributed by atoms with E-state index in [2.05, 4.69) is 22.5 Å². The van der Waals surface area contributed by atoms with E-state index in [0.29, 0.717) is 12.6 Å². The largest absolute Gasteiger partial charge is 0.491 e. The first-order chi connectivity index (χ1) is 12.7. The number of aliphatic hydroxyl groups is 1. The van der Waals surface area contributed by atoms with Gasteiger partial charge in [0.2, 0.25) is 0 Å². The van der Waals surface area contributed by atoms with Crippen molar-refractivity contribution >= 4 is 17.3 Å². The standard InChI is InChI=1S/C20H33N3O2S/c1-2-12-22-20(26)23-14-10-17(11-15-23)21-13-6-7-18(24)16-25-19-8-4-3-5-9-19/h3-5,8-9,17-18,21,24H,2,6-7,10-16H2,1H3,(H,22,26). The monoisotopic (exact) mass is 379 g/mol. The first-order valence-electron chi connectivity index (χ1n) is 9.81. The summed E-state index contributed by atoms with van der Waals surface area (Å²) in [7, 11) is 0. The van der Waals surface area contributed by atoms with Crippen LogP contribution in [0.2, 0.25) is 0 Å². The highest BCUT2D eigenvalue weighted by atomic mass is 32.1. The number of hydrogen-bond donors (Lipinski definition) is 3. The lowest BCUT2D eigenvalue weighted by atomic mass is 10.1. The molecular formula is C20H33N3O2S. The highest BCUT2D eigenvalue weighted by Gasteiger charge is 2.20. The summed E-state index contributed by atoms with van der Waals surface area (Å²) in [5.41, 5.74) is 0. The second-order valence-electron chi connectivity index (χ2n) is 6.87. The summed E-state index contributed by atoms with van der Waals surface area (Å²) < 4.78 is 5.58. The number of nitrogens with zero attached hydrogens (tertiary/aromatic N) is 1. The summed E-state index contributed by atoms with van der Waals surface area (Å²) in [6.45, 7) is 6.42. The molecule has 0 aromatic heterocycles. The predicted octanol–water partition coefficient (Wildman–Crippen LogP) is 2.54. The molecule has 1 atom stereocenters. The van der Waals surface area contributed by atoms with Crippen molar-refractivity contribution in [3.63, 3.8) is 0 Å². The number of rotatable bonds is 10. The van der Waals surface area contributed by atoms with E-state index in [0.717, 1.165) is 69.1 Å². The van der Waals surface area contributed by atoms with Crippen LogP contribution in [-0.2, 0) is 0 Å². The van der Waals surface area contributed by atoms with Crippen molar-refractivity contribution in [3.8, 4) is 5.75 Å². The minimum Gasteiger partial charge on any atom is -0.491 e. The Bertz CT molecular complexity index is 507. The van der Waals surface area contributed by atoms with Crippen molar-refractivity contribution < 1.29 is 9.84 Å². The molecule has 1 aliphatic heterocycles. The van der Waals surface area contributed by atoms with E-state index in [-0.39, 0.29) is 0 Å². The summed E-state index contributed by atoms with van der Waals surface area (Å²) in [5, 5.41) is 17.8. The van der Waals surface area contributed by atoms with Crippen LogP contribution >= 0.6 is 12.2 Å². The van der Waals surface area contributed by atoms with Crippen LogP contribution in [0, 0.1) is 0 Å². The van der Waals surface area contributed by atoms with Crippen LogP contribution in [0.5, 0.6) is 5.75 Å². The third-order valence-corrected chi connectivity index (χ3v) is 5.04. The van der Waals surface area contributed by atoms with Gasteiger partial charge >= 0.3 is 0 Å². The molecule has 1 aromatic carbocycles. The van der Waals surface area contributed by atoms with Crippen LogP contribution in [0.3, 0.4) is 0 Å². The zero-order valence-electron chi connectivity index (χ0n) is 15.8. The minimum absolute atomic E-state index is 0.352. The molecule has 146 valence electrons. The van der Waals surface area contributed by atoms with Gasteiger partial charge in [-0.2, -0.15) is 0 Å². The smallest absolute Gasteiger partial charge is 0.168 e. The van der Waals surface area contributed by atoms with Gasteiger partial charge in [0.25, 0.3) is 0 Å². The molecule has 26 heavy (non-hydrogen) atoms. The Kier molecular flexibility index (Phi) is 9.74. The SMILES string of the molecule is CCCNC(=S)N1CCC(NCCCC(O)COc2ccccc2)CC1. The van der Waals surface area contributed by atoms with Crippen molar-refractivity contribution in [2.24, 2.45) is 0 Å². The molecule has 1 aromatic rings. The van der Waals surface area contributed by atoms with Gasteiger partial charge in [-0.3, -0.25) is 0 Å². The van der Waals surface area contributed by atoms with E-state index in [9.17, 15) is 5.11 Å². The second-order valence-corrected chi connectivity index (χ2v) is 7.25. The molecule has 1 heterocycles. The van der Waals surface area contributed by atoms with E-state index in [1.54, 1.807) is 0 Å². The molecule has 0 spiro atoms. The van der Waals surface area contributed by atoms with Gasteiger partial charge in [-0.05, 0) is 63.0 Å². The van der Waals surface area contributed by atoms with Crippen LogP contribution in [-0.4, -0.2) is 60.1 Å². The number of hydrogen-bond acceptors (Lipinski definition) is 4. The minimum atomic E-state index is -0.416. The molecule has 2 rings (SSSR count). The topological polar surface area (TPSA) is 56.8 Å². The Labute approximate surface area is 163 Å². The van der Waals surface area contributed by atoms with Crippen LogP contribution in [0.15, 0.2) is 30.3 Å². The third kappa shape index (κ3) is 7.89. The maximum absolute atomic E-state index is 10.0. The number of nitrogens with one attached hydrogen (secondary N) is 2. The number of benzene rings is 1. The quantitative estimate of drug-likeness (QED) is 0.429. The molecule has 1 aliphatic rings. The Morgan fingerprint density at radius 3 is 2.69 bits per heavy atom. The van der Waals surface area contributed by atoms with E-state index >= 15 is 0 Å². The number of piperidine rings is 1. The molecule has 1 unspecified atom stereocenters. The Morgan fingerprint density at radius 2 is 2.00 bits per heavy atom. The second kappa shape index (κ2) is 12.1. The van der Waals surface area contributed by atoms with E-state index < -0.39 is 6.10 Å². The molecule has 0 amide bonds. The number of likely N-dealkylation sites (tertiary alicyclic amines) is 1. The first-order valence-corrected chi connectivity index (χ1v) is 10.2. The number of aliphatic hydroxyl groups excluding tert-OH is 1. The van der Waals surface area contributed by atoms with E-state index in [1.165, 1.54) is 0 Å². The van der Waals surface area contributed by atoms with Gasteiger partial charge in [0.1, 0.15) is 12.4 Å². The highest BCUT2D eigenvalue weighted by molar-refractivity contribution is 7.80. The molecule has 5 nitrogen and oxygen atoms in total. The van der Waals surface area contributed by atoms with Crippen molar-refractivity contribution in [1.29, 1.82) is 0 Å². The Morgan fingerprint density at radius 1 is 1.27 bits per heavy atom. The molecule has 0 bridgehead atoms. The number of para-hydroxylation sites is 1. The highest BCUT2D eigenvalue weighted by Crippen LogP contribution is 2.12. The normalized spacial score (nSPS) is 16.3. The van der Waals surface area contributed by atoms with Crippen molar-refractivity contribution in [2.45, 2.75) is 51.2 Å². The van der Waals surface area contributed by atoms with Gasteiger partial charge in [-0.15, -0.1) is 0 Å². The zero-order valence-corrected chi connectivity index (χ0v) is 16.6. The Hall–Kier alpha value is -1.37. The average Bonchev–Trinajstić information content (AvgIpc) is 2.69. The van der Waals surface area contributed by atoms with E-state index in [4.69, 9.17) is 17.0 Å². The fourth-order valence-electron chi connectivity index (χ4n) is 3.07. The maximum Gasteiger partial charge on any atom is 0.168 e. The molecule has 0 saturated carbocycles. The van der Waals surface area contributed by atoms with Gasteiger partial charge < -0.3 is 25.4 Å². The summed E-state index contributed by atoms with van der Waals surface area (Å²) in [5.74, 6) is 0.808. The summed E-state index contributed by atoms with van der Waals surface area (Å²) in [6.07, 6.45) is 4.63. The molecule has 1 fully saturated rings. The van der Waals surface area contributed by atoms with Gasteiger partial charge in [0.05, 0.1) is 6.10 Å². The van der Waals surface area contributed by atoms with Crippen molar-refractivity contribution in [1.82, 2.24) is 15.5 Å². The van der Waals surface area contributed by atoms with Crippen LogP contribution < -0.4 is 15.4 Å². The molecular weight excluding hydrogens is 346 g/mol. The van der Waals surface area contributed by atoms with Crippen molar-refractivity contribution in [2.75, 3.05) is 32.8 Å². The molecule has 6 heteroatoms. The number of thiocarbonyl (C=S) groups is 1. The first kappa shape index (κ1) is 20.9. The summed E-state index contributed by atoms with van der Waals surface area (Å²) in [6, 6.07) is 10.2. The third-order valence-electron chi connectivity index (χ3n) is 4.64. The van der Waals surface area contributed by atoms with E-state index in [1.807, 2.05) is 30.3 Å². The van der Waals surface area contributed by atoms with Gasteiger partial charge in [-0.25, -0.2) is 0 Å². The lowest BCUT2D eigenvalue weighted by Crippen LogP contribution is -2.48. The van der Waals surface area contributed by atoms with Gasteiger partial charge in [0.15, 0.2) is 5.11 Å². The average molecular weight is 380 g/mol. The van der Waals surface area contributed by atoms with Gasteiger partial charge in [-0.1, -0.05) is 25.1 Å². The van der Waals surface area contributed by atoms with Crippen LogP contribution in [0.25, 0.3) is 0 Å². The Balaban J connectivity index is 1.50. The van der Waals surface area contributed by atoms with Crippen molar-refractivity contribution in [3.05, 3.63) is 30.3 Å². The molecule has 3 N–H and O–H groups in total. The predicted molar refractivity (Wildman–Crippen MR) is 111 cm³/mol. The lowest BCUT2D eigenvalue weighted by molar-refractivity contribution is 0.0977. The number of ether oxygens (including phenoxy) is 1. The lowest BCUT2D eigenvalue weighted by Gasteiger charge is -2.34. The molecule has 0 radical (unpaired) electrons.